The molecule has 0 aliphatic carbocycles. The molecule has 2 unspecified atom stereocenters. The van der Waals surface area contributed by atoms with Gasteiger partial charge in [0.25, 0.3) is 0 Å². The second-order valence-corrected chi connectivity index (χ2v) is 3.60. The van der Waals surface area contributed by atoms with Gasteiger partial charge in [-0.05, 0) is 32.4 Å². The number of nitrogen functional groups attached to an aromatic ring is 1. The van der Waals surface area contributed by atoms with Crippen molar-refractivity contribution in [1.29, 1.82) is 0 Å². The molecule has 0 radical (unpaired) electrons. The molecule has 0 bridgehead atoms. The third-order valence-electron chi connectivity index (χ3n) is 2.25. The van der Waals surface area contributed by atoms with E-state index in [0.29, 0.717) is 5.69 Å². The lowest BCUT2D eigenvalue weighted by molar-refractivity contribution is 0.177. The predicted octanol–water partition coefficient (Wildman–Crippen LogP) is 1.15. The van der Waals surface area contributed by atoms with Crippen molar-refractivity contribution in [1.82, 2.24) is 4.98 Å². The summed E-state index contributed by atoms with van der Waals surface area (Å²) in [6, 6.07) is 1.85. The summed E-state index contributed by atoms with van der Waals surface area (Å²) in [5, 5.41) is 12.4. The van der Waals surface area contributed by atoms with E-state index in [9.17, 15) is 5.11 Å². The lowest BCUT2D eigenvalue weighted by atomic mass is 10.2. The van der Waals surface area contributed by atoms with Gasteiger partial charge >= 0.3 is 0 Å². The first-order chi connectivity index (χ1) is 6.50. The highest BCUT2D eigenvalue weighted by molar-refractivity contribution is 5.51. The number of anilines is 2. The summed E-state index contributed by atoms with van der Waals surface area (Å²) in [5.74, 6) is 0.741. The van der Waals surface area contributed by atoms with Gasteiger partial charge in [-0.2, -0.15) is 0 Å². The van der Waals surface area contributed by atoms with Gasteiger partial charge in [-0.3, -0.25) is 0 Å². The Morgan fingerprint density at radius 2 is 2.14 bits per heavy atom. The minimum absolute atomic E-state index is 0.0227. The van der Waals surface area contributed by atoms with E-state index in [-0.39, 0.29) is 6.04 Å². The molecule has 14 heavy (non-hydrogen) atoms. The van der Waals surface area contributed by atoms with Crippen molar-refractivity contribution in [3.8, 4) is 0 Å². The van der Waals surface area contributed by atoms with Gasteiger partial charge in [-0.25, -0.2) is 4.98 Å². The van der Waals surface area contributed by atoms with Crippen LogP contribution >= 0.6 is 0 Å². The second-order valence-electron chi connectivity index (χ2n) is 3.60. The number of aryl methyl sites for hydroxylation is 1. The first-order valence-electron chi connectivity index (χ1n) is 4.67. The molecule has 0 amide bonds. The minimum Gasteiger partial charge on any atom is -0.397 e. The van der Waals surface area contributed by atoms with Gasteiger partial charge in [0.1, 0.15) is 5.82 Å². The zero-order chi connectivity index (χ0) is 10.7. The average molecular weight is 195 g/mol. The van der Waals surface area contributed by atoms with E-state index in [4.69, 9.17) is 5.73 Å². The van der Waals surface area contributed by atoms with Crippen LogP contribution in [0.3, 0.4) is 0 Å². The minimum atomic E-state index is -0.408. The molecule has 0 aliphatic heterocycles. The van der Waals surface area contributed by atoms with Gasteiger partial charge in [0, 0.05) is 0 Å². The Kier molecular flexibility index (Phi) is 3.30. The number of hydrogen-bond acceptors (Lipinski definition) is 4. The molecule has 0 fully saturated rings. The molecule has 1 rings (SSSR count). The smallest absolute Gasteiger partial charge is 0.126 e. The van der Waals surface area contributed by atoms with E-state index in [1.807, 2.05) is 19.9 Å². The SMILES string of the molecule is Cc1cc(NC(C)C(C)O)ncc1N. The Labute approximate surface area is 84.2 Å². The predicted molar refractivity (Wildman–Crippen MR) is 58.2 cm³/mol. The summed E-state index contributed by atoms with van der Waals surface area (Å²) in [7, 11) is 0. The summed E-state index contributed by atoms with van der Waals surface area (Å²) < 4.78 is 0. The van der Waals surface area contributed by atoms with Crippen molar-refractivity contribution >= 4 is 11.5 Å². The van der Waals surface area contributed by atoms with Crippen LogP contribution in [0, 0.1) is 6.92 Å². The van der Waals surface area contributed by atoms with Crippen LogP contribution in [-0.4, -0.2) is 22.2 Å². The van der Waals surface area contributed by atoms with Crippen molar-refractivity contribution in [2.75, 3.05) is 11.1 Å². The molecule has 1 aromatic rings. The van der Waals surface area contributed by atoms with Gasteiger partial charge in [0.15, 0.2) is 0 Å². The van der Waals surface area contributed by atoms with Gasteiger partial charge < -0.3 is 16.2 Å². The fraction of sp³-hybridized carbons (Fsp3) is 0.500. The summed E-state index contributed by atoms with van der Waals surface area (Å²) in [5.41, 5.74) is 7.31. The first kappa shape index (κ1) is 10.8. The van der Waals surface area contributed by atoms with E-state index in [1.165, 1.54) is 0 Å². The van der Waals surface area contributed by atoms with Crippen LogP contribution in [0.2, 0.25) is 0 Å². The van der Waals surface area contributed by atoms with E-state index in [0.717, 1.165) is 11.4 Å². The first-order valence-corrected chi connectivity index (χ1v) is 4.67. The van der Waals surface area contributed by atoms with Crippen molar-refractivity contribution in [2.24, 2.45) is 0 Å². The zero-order valence-electron chi connectivity index (χ0n) is 8.78. The van der Waals surface area contributed by atoms with Crippen LogP contribution in [0.15, 0.2) is 12.3 Å². The Morgan fingerprint density at radius 1 is 1.50 bits per heavy atom. The van der Waals surface area contributed by atoms with Crippen molar-refractivity contribution < 1.29 is 5.11 Å². The van der Waals surface area contributed by atoms with E-state index in [1.54, 1.807) is 13.1 Å². The highest BCUT2D eigenvalue weighted by atomic mass is 16.3. The van der Waals surface area contributed by atoms with Crippen molar-refractivity contribution in [3.63, 3.8) is 0 Å². The number of aromatic nitrogens is 1. The standard InChI is InChI=1S/C10H17N3O/c1-6-4-10(12-5-9(6)11)13-7(2)8(3)14/h4-5,7-8,14H,11H2,1-3H3,(H,12,13). The molecular formula is C10H17N3O. The molecular weight excluding hydrogens is 178 g/mol. The largest absolute Gasteiger partial charge is 0.397 e. The highest BCUT2D eigenvalue weighted by Gasteiger charge is 2.08. The molecule has 4 nitrogen and oxygen atoms in total. The number of nitrogens with zero attached hydrogens (tertiary/aromatic N) is 1. The Hall–Kier alpha value is -1.29. The molecule has 1 aromatic heterocycles. The van der Waals surface area contributed by atoms with Crippen LogP contribution < -0.4 is 11.1 Å². The molecule has 78 valence electrons. The molecule has 0 saturated carbocycles. The van der Waals surface area contributed by atoms with E-state index in [2.05, 4.69) is 10.3 Å². The average Bonchev–Trinajstić information content (AvgIpc) is 2.11. The van der Waals surface area contributed by atoms with E-state index < -0.39 is 6.10 Å². The monoisotopic (exact) mass is 195 g/mol. The number of aliphatic hydroxyl groups excluding tert-OH is 1. The fourth-order valence-corrected chi connectivity index (χ4v) is 0.999. The number of rotatable bonds is 3. The lowest BCUT2D eigenvalue weighted by Gasteiger charge is -2.17. The molecule has 4 N–H and O–H groups in total. The fourth-order valence-electron chi connectivity index (χ4n) is 0.999. The normalized spacial score (nSPS) is 14.9. The van der Waals surface area contributed by atoms with Gasteiger partial charge in [-0.15, -0.1) is 0 Å². The molecule has 2 atom stereocenters. The lowest BCUT2D eigenvalue weighted by Crippen LogP contribution is -2.28. The molecule has 0 spiro atoms. The number of nitrogens with one attached hydrogen (secondary N) is 1. The molecule has 0 aliphatic rings. The maximum atomic E-state index is 9.29. The summed E-state index contributed by atoms with van der Waals surface area (Å²) >= 11 is 0. The molecule has 0 aromatic carbocycles. The van der Waals surface area contributed by atoms with Gasteiger partial charge in [0.2, 0.25) is 0 Å². The molecule has 4 heteroatoms. The summed E-state index contributed by atoms with van der Waals surface area (Å²) in [6.07, 6.45) is 1.21. The van der Waals surface area contributed by atoms with Crippen LogP contribution in [0.5, 0.6) is 0 Å². The Morgan fingerprint density at radius 3 is 2.64 bits per heavy atom. The second kappa shape index (κ2) is 4.28. The zero-order valence-corrected chi connectivity index (χ0v) is 8.78. The molecule has 1 heterocycles. The van der Waals surface area contributed by atoms with Crippen LogP contribution in [-0.2, 0) is 0 Å². The number of pyridine rings is 1. The number of hydrogen-bond donors (Lipinski definition) is 3. The third kappa shape index (κ3) is 2.60. The quantitative estimate of drug-likeness (QED) is 0.676. The van der Waals surface area contributed by atoms with E-state index >= 15 is 0 Å². The third-order valence-corrected chi connectivity index (χ3v) is 2.25. The highest BCUT2D eigenvalue weighted by Crippen LogP contribution is 2.14. The summed E-state index contributed by atoms with van der Waals surface area (Å²) in [4.78, 5) is 4.11. The summed E-state index contributed by atoms with van der Waals surface area (Å²) in [6.45, 7) is 5.56. The Bertz CT molecular complexity index is 312. The number of nitrogens with two attached hydrogens (primary N) is 1. The van der Waals surface area contributed by atoms with Crippen molar-refractivity contribution in [3.05, 3.63) is 17.8 Å². The topological polar surface area (TPSA) is 71.2 Å². The Balaban J connectivity index is 2.73. The van der Waals surface area contributed by atoms with Crippen LogP contribution in [0.4, 0.5) is 11.5 Å². The number of aliphatic hydroxyl groups is 1. The van der Waals surface area contributed by atoms with Crippen molar-refractivity contribution in [2.45, 2.75) is 32.9 Å². The van der Waals surface area contributed by atoms with Gasteiger partial charge in [0.05, 0.1) is 24.0 Å². The van der Waals surface area contributed by atoms with Crippen LogP contribution in [0.25, 0.3) is 0 Å². The van der Waals surface area contributed by atoms with Gasteiger partial charge in [-0.1, -0.05) is 0 Å². The van der Waals surface area contributed by atoms with Crippen LogP contribution in [0.1, 0.15) is 19.4 Å². The maximum Gasteiger partial charge on any atom is 0.126 e. The maximum absolute atomic E-state index is 9.29. The molecule has 0 saturated heterocycles.